The van der Waals surface area contributed by atoms with E-state index in [1.807, 2.05) is 59.5 Å². The number of aliphatic hydroxyl groups excluding tert-OH is 1. The highest BCUT2D eigenvalue weighted by atomic mass is 16.5. The third-order valence-corrected chi connectivity index (χ3v) is 4.62. The first-order chi connectivity index (χ1) is 12.2. The Morgan fingerprint density at radius 2 is 1.68 bits per heavy atom. The molecule has 0 spiro atoms. The minimum atomic E-state index is -0.243. The van der Waals surface area contributed by atoms with Crippen LogP contribution in [0.15, 0.2) is 54.6 Å². The summed E-state index contributed by atoms with van der Waals surface area (Å²) in [4.78, 5) is 14.1. The first-order valence-electron chi connectivity index (χ1n) is 8.92. The van der Waals surface area contributed by atoms with Gasteiger partial charge in [0.05, 0.1) is 6.10 Å². The van der Waals surface area contributed by atoms with Crippen molar-refractivity contribution in [3.05, 3.63) is 65.7 Å². The van der Waals surface area contributed by atoms with E-state index in [0.717, 1.165) is 23.3 Å². The third-order valence-electron chi connectivity index (χ3n) is 4.62. The van der Waals surface area contributed by atoms with Crippen molar-refractivity contribution >= 4 is 5.91 Å². The Morgan fingerprint density at radius 3 is 2.36 bits per heavy atom. The molecular formula is C21H25NO3. The fourth-order valence-electron chi connectivity index (χ4n) is 3.02. The van der Waals surface area contributed by atoms with Gasteiger partial charge in [0.15, 0.2) is 0 Å². The zero-order chi connectivity index (χ0) is 17.5. The molecule has 2 aromatic carbocycles. The normalized spacial score (nSPS) is 15.2. The molecule has 3 rings (SSSR count). The van der Waals surface area contributed by atoms with E-state index in [0.29, 0.717) is 39.0 Å². The van der Waals surface area contributed by atoms with Crippen LogP contribution in [0.5, 0.6) is 5.75 Å². The van der Waals surface area contributed by atoms with Gasteiger partial charge in [-0.15, -0.1) is 0 Å². The molecule has 1 heterocycles. The monoisotopic (exact) mass is 339 g/mol. The lowest BCUT2D eigenvalue weighted by atomic mass is 10.1. The lowest BCUT2D eigenvalue weighted by Gasteiger charge is -2.29. The summed E-state index contributed by atoms with van der Waals surface area (Å²) < 4.78 is 5.78. The standard InChI is InChI=1S/C21H25NO3/c23-19-12-14-22(15-13-19)21(24)11-8-17-6-9-20(10-7-17)25-16-18-4-2-1-3-5-18/h1-7,9-10,19,23H,8,11-16H2. The summed E-state index contributed by atoms with van der Waals surface area (Å²) in [5.74, 6) is 1.01. The number of hydrogen-bond acceptors (Lipinski definition) is 3. The Bertz CT molecular complexity index is 661. The van der Waals surface area contributed by atoms with Gasteiger partial charge in [-0.25, -0.2) is 0 Å². The van der Waals surface area contributed by atoms with Gasteiger partial charge in [0, 0.05) is 19.5 Å². The number of carbonyl (C=O) groups excluding carboxylic acids is 1. The largest absolute Gasteiger partial charge is 0.489 e. The Balaban J connectivity index is 1.43. The highest BCUT2D eigenvalue weighted by molar-refractivity contribution is 5.76. The first kappa shape index (κ1) is 17.5. The van der Waals surface area contributed by atoms with E-state index in [1.165, 1.54) is 0 Å². The Labute approximate surface area is 149 Å². The molecule has 1 N–H and O–H groups in total. The number of likely N-dealkylation sites (tertiary alicyclic amines) is 1. The number of ether oxygens (including phenoxy) is 1. The van der Waals surface area contributed by atoms with E-state index < -0.39 is 0 Å². The van der Waals surface area contributed by atoms with E-state index in [1.54, 1.807) is 0 Å². The Morgan fingerprint density at radius 1 is 1.00 bits per heavy atom. The molecule has 1 fully saturated rings. The molecule has 0 aromatic heterocycles. The van der Waals surface area contributed by atoms with Crippen LogP contribution in [-0.2, 0) is 17.8 Å². The van der Waals surface area contributed by atoms with Gasteiger partial charge in [-0.05, 0) is 42.5 Å². The second-order valence-electron chi connectivity index (χ2n) is 6.53. The second-order valence-corrected chi connectivity index (χ2v) is 6.53. The SMILES string of the molecule is O=C(CCc1ccc(OCc2ccccc2)cc1)N1CCC(O)CC1. The second kappa shape index (κ2) is 8.67. The highest BCUT2D eigenvalue weighted by Crippen LogP contribution is 2.16. The molecule has 1 amide bonds. The summed E-state index contributed by atoms with van der Waals surface area (Å²) in [6.07, 6.45) is 2.39. The number of amides is 1. The number of carbonyl (C=O) groups is 1. The van der Waals surface area contributed by atoms with Gasteiger partial charge < -0.3 is 14.7 Å². The van der Waals surface area contributed by atoms with Crippen molar-refractivity contribution in [2.75, 3.05) is 13.1 Å². The molecule has 0 atom stereocenters. The molecule has 0 bridgehead atoms. The molecule has 132 valence electrons. The van der Waals surface area contributed by atoms with E-state index >= 15 is 0 Å². The number of piperidine rings is 1. The highest BCUT2D eigenvalue weighted by Gasteiger charge is 2.20. The molecule has 1 aliphatic heterocycles. The van der Waals surface area contributed by atoms with Gasteiger partial charge in [-0.1, -0.05) is 42.5 Å². The molecule has 4 nitrogen and oxygen atoms in total. The van der Waals surface area contributed by atoms with Gasteiger partial charge in [-0.2, -0.15) is 0 Å². The molecular weight excluding hydrogens is 314 g/mol. The van der Waals surface area contributed by atoms with E-state index in [9.17, 15) is 9.90 Å². The van der Waals surface area contributed by atoms with Crippen LogP contribution >= 0.6 is 0 Å². The first-order valence-corrected chi connectivity index (χ1v) is 8.92. The van der Waals surface area contributed by atoms with Crippen LogP contribution in [0.3, 0.4) is 0 Å². The lowest BCUT2D eigenvalue weighted by Crippen LogP contribution is -2.40. The van der Waals surface area contributed by atoms with Crippen molar-refractivity contribution in [1.29, 1.82) is 0 Å². The van der Waals surface area contributed by atoms with Crippen LogP contribution in [0, 0.1) is 0 Å². The maximum Gasteiger partial charge on any atom is 0.222 e. The summed E-state index contributed by atoms with van der Waals surface area (Å²) in [5, 5.41) is 9.51. The Kier molecular flexibility index (Phi) is 6.07. The number of hydrogen-bond donors (Lipinski definition) is 1. The van der Waals surface area contributed by atoms with Gasteiger partial charge in [0.1, 0.15) is 12.4 Å². The smallest absolute Gasteiger partial charge is 0.222 e. The summed E-state index contributed by atoms with van der Waals surface area (Å²) in [7, 11) is 0. The number of nitrogens with zero attached hydrogens (tertiary/aromatic N) is 1. The molecule has 4 heteroatoms. The summed E-state index contributed by atoms with van der Waals surface area (Å²) in [6.45, 7) is 1.90. The lowest BCUT2D eigenvalue weighted by molar-refractivity contribution is -0.133. The summed E-state index contributed by atoms with van der Waals surface area (Å²) in [6, 6.07) is 18.0. The van der Waals surface area contributed by atoms with Gasteiger partial charge in [0.25, 0.3) is 0 Å². The van der Waals surface area contributed by atoms with Crippen molar-refractivity contribution < 1.29 is 14.6 Å². The van der Waals surface area contributed by atoms with E-state index in [2.05, 4.69) is 0 Å². The third kappa shape index (κ3) is 5.33. The predicted molar refractivity (Wildman–Crippen MR) is 97.4 cm³/mol. The van der Waals surface area contributed by atoms with Gasteiger partial charge in [0.2, 0.25) is 5.91 Å². The average molecular weight is 339 g/mol. The molecule has 1 saturated heterocycles. The topological polar surface area (TPSA) is 49.8 Å². The summed E-state index contributed by atoms with van der Waals surface area (Å²) >= 11 is 0. The molecule has 2 aromatic rings. The van der Waals surface area contributed by atoms with Crippen LogP contribution in [0.4, 0.5) is 0 Å². The van der Waals surface area contributed by atoms with Crippen LogP contribution in [-0.4, -0.2) is 35.1 Å². The molecule has 0 radical (unpaired) electrons. The molecule has 0 aliphatic carbocycles. The fraction of sp³-hybridized carbons (Fsp3) is 0.381. The summed E-state index contributed by atoms with van der Waals surface area (Å²) in [5.41, 5.74) is 2.28. The van der Waals surface area contributed by atoms with E-state index in [4.69, 9.17) is 4.74 Å². The molecule has 0 unspecified atom stereocenters. The predicted octanol–water partition coefficient (Wildman–Crippen LogP) is 3.18. The van der Waals surface area contributed by atoms with Crippen LogP contribution in [0.1, 0.15) is 30.4 Å². The molecule has 1 aliphatic rings. The molecule has 0 saturated carbocycles. The van der Waals surface area contributed by atoms with Crippen molar-refractivity contribution in [2.45, 2.75) is 38.4 Å². The van der Waals surface area contributed by atoms with Gasteiger partial charge >= 0.3 is 0 Å². The number of rotatable bonds is 6. The number of aliphatic hydroxyl groups is 1. The maximum absolute atomic E-state index is 12.2. The minimum absolute atomic E-state index is 0.177. The molecule has 25 heavy (non-hydrogen) atoms. The van der Waals surface area contributed by atoms with Crippen molar-refractivity contribution in [3.63, 3.8) is 0 Å². The van der Waals surface area contributed by atoms with E-state index in [-0.39, 0.29) is 12.0 Å². The number of aryl methyl sites for hydroxylation is 1. The van der Waals surface area contributed by atoms with Crippen LogP contribution in [0.25, 0.3) is 0 Å². The fourth-order valence-corrected chi connectivity index (χ4v) is 3.02. The zero-order valence-corrected chi connectivity index (χ0v) is 14.4. The van der Waals surface area contributed by atoms with Crippen molar-refractivity contribution in [3.8, 4) is 5.75 Å². The van der Waals surface area contributed by atoms with Crippen molar-refractivity contribution in [1.82, 2.24) is 4.90 Å². The quantitative estimate of drug-likeness (QED) is 0.879. The Hall–Kier alpha value is -2.33. The zero-order valence-electron chi connectivity index (χ0n) is 14.4. The maximum atomic E-state index is 12.2. The number of benzene rings is 2. The van der Waals surface area contributed by atoms with Gasteiger partial charge in [-0.3, -0.25) is 4.79 Å². The van der Waals surface area contributed by atoms with Crippen LogP contribution in [0.2, 0.25) is 0 Å². The average Bonchev–Trinajstić information content (AvgIpc) is 2.67. The minimum Gasteiger partial charge on any atom is -0.489 e. The van der Waals surface area contributed by atoms with Crippen molar-refractivity contribution in [2.24, 2.45) is 0 Å². The van der Waals surface area contributed by atoms with Crippen LogP contribution < -0.4 is 4.74 Å².